The molecule has 7 heteroatoms. The molecule has 0 fully saturated rings. The summed E-state index contributed by atoms with van der Waals surface area (Å²) in [6, 6.07) is 11.0. The Kier molecular flexibility index (Phi) is 7.52. The average Bonchev–Trinajstić information content (AvgIpc) is 2.94. The Bertz CT molecular complexity index is 848. The average molecular weight is 342 g/mol. The fraction of sp³-hybridized carbons (Fsp3) is 0.111. The second-order valence-corrected chi connectivity index (χ2v) is 4.60. The number of phenolic OH excluding ortho intramolecular Hbond substituents is 2. The van der Waals surface area contributed by atoms with Crippen LogP contribution in [0.4, 0.5) is 0 Å². The predicted molar refractivity (Wildman–Crippen MR) is 93.3 cm³/mol. The molecule has 0 atom stereocenters. The summed E-state index contributed by atoms with van der Waals surface area (Å²) in [6.07, 6.45) is 2.20. The number of hydrogen-bond acceptors (Lipinski definition) is 6. The van der Waals surface area contributed by atoms with Gasteiger partial charge in [0.15, 0.2) is 6.29 Å². The van der Waals surface area contributed by atoms with Gasteiger partial charge in [-0.3, -0.25) is 4.79 Å². The van der Waals surface area contributed by atoms with E-state index < -0.39 is 0 Å². The molecular weight excluding hydrogens is 324 g/mol. The van der Waals surface area contributed by atoms with Crippen molar-refractivity contribution in [2.24, 2.45) is 0 Å². The molecule has 0 bridgehead atoms. The Labute approximate surface area is 144 Å². The number of nitrogens with zero attached hydrogens (tertiary/aromatic N) is 2. The minimum absolute atomic E-state index is 0.0841. The van der Waals surface area contributed by atoms with E-state index in [1.807, 2.05) is 0 Å². The number of hydrogen-bond donors (Lipinski definition) is 2. The fourth-order valence-corrected chi connectivity index (χ4v) is 2.00. The Hall–Kier alpha value is -3.48. The van der Waals surface area contributed by atoms with Crippen molar-refractivity contribution in [3.63, 3.8) is 0 Å². The zero-order chi connectivity index (χ0) is 18.8. The number of benzene rings is 2. The van der Waals surface area contributed by atoms with Crippen molar-refractivity contribution in [1.29, 1.82) is 0 Å². The molecule has 0 unspecified atom stereocenters. The second-order valence-electron chi connectivity index (χ2n) is 4.60. The van der Waals surface area contributed by atoms with E-state index in [-0.39, 0.29) is 11.5 Å². The molecule has 130 valence electrons. The normalized spacial score (nSPS) is 9.20. The van der Waals surface area contributed by atoms with E-state index in [1.165, 1.54) is 42.8 Å². The lowest BCUT2D eigenvalue weighted by Gasteiger charge is -2.03. The van der Waals surface area contributed by atoms with E-state index in [0.29, 0.717) is 28.6 Å². The Morgan fingerprint density at radius 2 is 1.40 bits per heavy atom. The Morgan fingerprint density at radius 1 is 0.880 bits per heavy atom. The molecular formula is C18H18N2O5. The maximum atomic E-state index is 11.3. The monoisotopic (exact) mass is 342 g/mol. The smallest absolute Gasteiger partial charge is 0.169 e. The third-order valence-electron chi connectivity index (χ3n) is 2.90. The number of carbonyl (C=O) groups excluding carboxylic acids is 3. The van der Waals surface area contributed by atoms with Crippen molar-refractivity contribution in [3.8, 4) is 17.2 Å². The molecule has 0 saturated carbocycles. The van der Waals surface area contributed by atoms with Gasteiger partial charge in [-0.1, -0.05) is 0 Å². The van der Waals surface area contributed by atoms with Crippen LogP contribution >= 0.6 is 0 Å². The molecule has 3 rings (SSSR count). The van der Waals surface area contributed by atoms with Crippen LogP contribution in [-0.4, -0.2) is 38.9 Å². The Balaban J connectivity index is 0.000000460. The largest absolute Gasteiger partial charge is 0.508 e. The van der Waals surface area contributed by atoms with Crippen LogP contribution in [0.1, 0.15) is 24.3 Å². The van der Waals surface area contributed by atoms with Crippen molar-refractivity contribution < 1.29 is 24.6 Å². The lowest BCUT2D eigenvalue weighted by molar-refractivity contribution is -0.106. The number of phenols is 2. The van der Waals surface area contributed by atoms with E-state index in [0.717, 1.165) is 12.6 Å². The highest BCUT2D eigenvalue weighted by Crippen LogP contribution is 2.24. The van der Waals surface area contributed by atoms with Gasteiger partial charge in [-0.15, -0.1) is 0 Å². The molecule has 0 spiro atoms. The number of rotatable bonds is 2. The first-order chi connectivity index (χ1) is 12.0. The van der Waals surface area contributed by atoms with E-state index in [2.05, 4.69) is 5.10 Å². The molecule has 0 aliphatic rings. The maximum absolute atomic E-state index is 11.3. The quantitative estimate of drug-likeness (QED) is 0.693. The van der Waals surface area contributed by atoms with Crippen molar-refractivity contribution >= 4 is 29.8 Å². The molecule has 0 aliphatic carbocycles. The summed E-state index contributed by atoms with van der Waals surface area (Å²) in [7, 11) is 0. The highest BCUT2D eigenvalue weighted by Gasteiger charge is 2.12. The van der Waals surface area contributed by atoms with Crippen LogP contribution < -0.4 is 0 Å². The second kappa shape index (κ2) is 9.61. The highest BCUT2D eigenvalue weighted by atomic mass is 16.3. The zero-order valence-electron chi connectivity index (χ0n) is 13.8. The van der Waals surface area contributed by atoms with Gasteiger partial charge in [-0.2, -0.15) is 5.10 Å². The summed E-state index contributed by atoms with van der Waals surface area (Å²) < 4.78 is 1.48. The van der Waals surface area contributed by atoms with Gasteiger partial charge in [0.1, 0.15) is 29.8 Å². The maximum Gasteiger partial charge on any atom is 0.169 e. The van der Waals surface area contributed by atoms with Gasteiger partial charge >= 0.3 is 0 Å². The van der Waals surface area contributed by atoms with Crippen LogP contribution in [0.5, 0.6) is 11.5 Å². The summed E-state index contributed by atoms with van der Waals surface area (Å²) in [6.45, 7) is 2.89. The Morgan fingerprint density at radius 3 is 1.92 bits per heavy atom. The molecule has 0 saturated heterocycles. The summed E-state index contributed by atoms with van der Waals surface area (Å²) in [5.41, 5.74) is 1.64. The molecule has 0 aliphatic heterocycles. The van der Waals surface area contributed by atoms with Gasteiger partial charge in [0.25, 0.3) is 0 Å². The van der Waals surface area contributed by atoms with E-state index in [9.17, 15) is 15.0 Å². The highest BCUT2D eigenvalue weighted by molar-refractivity contribution is 5.96. The number of aromatic nitrogens is 2. The predicted octanol–water partition coefficient (Wildman–Crippen LogP) is 2.66. The fourth-order valence-electron chi connectivity index (χ4n) is 2.00. The molecule has 0 amide bonds. The van der Waals surface area contributed by atoms with Crippen LogP contribution in [-0.2, 0) is 9.59 Å². The topological polar surface area (TPSA) is 109 Å². The van der Waals surface area contributed by atoms with Crippen LogP contribution in [0.25, 0.3) is 16.6 Å². The summed E-state index contributed by atoms with van der Waals surface area (Å²) in [5, 5.41) is 23.7. The number of aldehydes is 3. The lowest BCUT2D eigenvalue weighted by Crippen LogP contribution is -2.00. The van der Waals surface area contributed by atoms with Crippen LogP contribution in [0.15, 0.2) is 42.5 Å². The van der Waals surface area contributed by atoms with Crippen molar-refractivity contribution in [2.75, 3.05) is 0 Å². The summed E-state index contributed by atoms with van der Waals surface area (Å²) >= 11 is 0. The molecule has 1 heterocycles. The summed E-state index contributed by atoms with van der Waals surface area (Å²) in [5.74, 6) is 0.228. The van der Waals surface area contributed by atoms with Gasteiger partial charge in [-0.05, 0) is 56.3 Å². The molecule has 1 aromatic heterocycles. The van der Waals surface area contributed by atoms with Crippen molar-refractivity contribution in [1.82, 2.24) is 9.78 Å². The standard InChI is InChI=1S/C14H10N2O3.2C2H4O/c17-8-14-12-7-11(19)5-6-13(12)15-16(14)9-1-3-10(18)4-2-9;2*1-2-3/h1-8,18-19H;2*2H,1H3. The SMILES string of the molecule is CC=O.CC=O.O=Cc1c2cc(O)ccc2nn1-c1ccc(O)cc1. The molecule has 7 nitrogen and oxygen atoms in total. The minimum atomic E-state index is 0.0841. The molecule has 2 aromatic carbocycles. The first kappa shape index (κ1) is 19.6. The third kappa shape index (κ3) is 5.00. The molecule has 25 heavy (non-hydrogen) atoms. The third-order valence-corrected chi connectivity index (χ3v) is 2.90. The van der Waals surface area contributed by atoms with Crippen LogP contribution in [0.3, 0.4) is 0 Å². The van der Waals surface area contributed by atoms with E-state index in [1.54, 1.807) is 18.2 Å². The summed E-state index contributed by atoms with van der Waals surface area (Å²) in [4.78, 5) is 28.9. The van der Waals surface area contributed by atoms with Crippen molar-refractivity contribution in [3.05, 3.63) is 48.2 Å². The van der Waals surface area contributed by atoms with Gasteiger partial charge in [0.2, 0.25) is 0 Å². The van der Waals surface area contributed by atoms with Gasteiger partial charge in [0, 0.05) is 5.39 Å². The van der Waals surface area contributed by atoms with Gasteiger partial charge < -0.3 is 19.8 Å². The van der Waals surface area contributed by atoms with Crippen LogP contribution in [0, 0.1) is 0 Å². The van der Waals surface area contributed by atoms with Crippen molar-refractivity contribution in [2.45, 2.75) is 13.8 Å². The zero-order valence-corrected chi connectivity index (χ0v) is 13.8. The minimum Gasteiger partial charge on any atom is -0.508 e. The molecule has 2 N–H and O–H groups in total. The van der Waals surface area contributed by atoms with Gasteiger partial charge in [0.05, 0.1) is 11.2 Å². The first-order valence-corrected chi connectivity index (χ1v) is 7.28. The van der Waals surface area contributed by atoms with Gasteiger partial charge in [-0.25, -0.2) is 4.68 Å². The number of aromatic hydroxyl groups is 2. The van der Waals surface area contributed by atoms with E-state index >= 15 is 0 Å². The number of carbonyl (C=O) groups is 3. The van der Waals surface area contributed by atoms with Crippen LogP contribution in [0.2, 0.25) is 0 Å². The molecule has 3 aromatic rings. The van der Waals surface area contributed by atoms with E-state index in [4.69, 9.17) is 9.59 Å². The molecule has 0 radical (unpaired) electrons. The lowest BCUT2D eigenvalue weighted by atomic mass is 10.2. The first-order valence-electron chi connectivity index (χ1n) is 7.28. The number of fused-ring (bicyclic) bond motifs is 1.